The lowest BCUT2D eigenvalue weighted by Gasteiger charge is -1.73. The smallest absolute Gasteiger partial charge is 0.0615 e. The van der Waals surface area contributed by atoms with Crippen LogP contribution in [0.15, 0.2) is 36.5 Å². The van der Waals surface area contributed by atoms with Crippen LogP contribution >= 0.6 is 0 Å². The van der Waals surface area contributed by atoms with E-state index in [0.717, 1.165) is 0 Å². The van der Waals surface area contributed by atoms with E-state index in [1.165, 1.54) is 0 Å². The summed E-state index contributed by atoms with van der Waals surface area (Å²) in [7, 11) is 0. The summed E-state index contributed by atoms with van der Waals surface area (Å²) >= 11 is 0. The van der Waals surface area contributed by atoms with Gasteiger partial charge in [0.1, 0.15) is 0 Å². The molecule has 0 radical (unpaired) electrons. The van der Waals surface area contributed by atoms with Crippen LogP contribution < -0.4 is 0 Å². The Morgan fingerprint density at radius 1 is 1.11 bits per heavy atom. The van der Waals surface area contributed by atoms with E-state index in [1.807, 2.05) is 31.2 Å². The van der Waals surface area contributed by atoms with E-state index in [1.54, 1.807) is 12.2 Å². The summed E-state index contributed by atoms with van der Waals surface area (Å²) in [5.41, 5.74) is 0. The zero-order valence-electron chi connectivity index (χ0n) is 5.62. The normalized spacial score (nSPS) is 12.7. The Morgan fingerprint density at radius 2 is 1.78 bits per heavy atom. The summed E-state index contributed by atoms with van der Waals surface area (Å²) in [5.74, 6) is 0. The summed E-state index contributed by atoms with van der Waals surface area (Å²) in [6.07, 6.45) is 11.1. The second-order valence-corrected chi connectivity index (χ2v) is 1.52. The van der Waals surface area contributed by atoms with Crippen LogP contribution in [0.1, 0.15) is 6.92 Å². The second-order valence-electron chi connectivity index (χ2n) is 1.52. The third kappa shape index (κ3) is 7.18. The van der Waals surface area contributed by atoms with E-state index in [-0.39, 0.29) is 6.61 Å². The molecule has 50 valence electrons. The summed E-state index contributed by atoms with van der Waals surface area (Å²) in [4.78, 5) is 0. The zero-order valence-corrected chi connectivity index (χ0v) is 5.62. The molecule has 1 heteroatoms. The molecule has 0 aromatic heterocycles. The van der Waals surface area contributed by atoms with Crippen LogP contribution in [0.3, 0.4) is 0 Å². The first-order valence-electron chi connectivity index (χ1n) is 2.97. The molecular weight excluding hydrogens is 112 g/mol. The molecule has 0 rings (SSSR count). The number of aliphatic hydroxyl groups excluding tert-OH is 1. The predicted octanol–water partition coefficient (Wildman–Crippen LogP) is 1.67. The lowest BCUT2D eigenvalue weighted by atomic mass is 10.4. The van der Waals surface area contributed by atoms with Crippen molar-refractivity contribution in [2.75, 3.05) is 6.61 Å². The largest absolute Gasteiger partial charge is 0.392 e. The predicted molar refractivity (Wildman–Crippen MR) is 40.2 cm³/mol. The van der Waals surface area contributed by atoms with Crippen molar-refractivity contribution in [1.82, 2.24) is 0 Å². The highest BCUT2D eigenvalue weighted by Gasteiger charge is 1.60. The maximum atomic E-state index is 8.28. The van der Waals surface area contributed by atoms with Gasteiger partial charge < -0.3 is 5.11 Å². The first-order valence-corrected chi connectivity index (χ1v) is 2.97. The van der Waals surface area contributed by atoms with Crippen LogP contribution in [0.2, 0.25) is 0 Å². The lowest BCUT2D eigenvalue weighted by Crippen LogP contribution is -1.66. The van der Waals surface area contributed by atoms with Crippen molar-refractivity contribution in [1.29, 1.82) is 0 Å². The zero-order chi connectivity index (χ0) is 6.95. The molecule has 0 heterocycles. The molecule has 0 aliphatic heterocycles. The van der Waals surface area contributed by atoms with Crippen molar-refractivity contribution in [3.05, 3.63) is 36.5 Å². The molecule has 0 aliphatic carbocycles. The van der Waals surface area contributed by atoms with E-state index < -0.39 is 0 Å². The molecule has 0 atom stereocenters. The van der Waals surface area contributed by atoms with Gasteiger partial charge in [-0.3, -0.25) is 0 Å². The summed E-state index contributed by atoms with van der Waals surface area (Å²) < 4.78 is 0. The van der Waals surface area contributed by atoms with E-state index in [4.69, 9.17) is 5.11 Å². The number of rotatable bonds is 3. The average molecular weight is 124 g/mol. The van der Waals surface area contributed by atoms with Crippen molar-refractivity contribution in [2.45, 2.75) is 6.92 Å². The number of allylic oxidation sites excluding steroid dienone is 5. The van der Waals surface area contributed by atoms with E-state index in [0.29, 0.717) is 0 Å². The van der Waals surface area contributed by atoms with Crippen molar-refractivity contribution < 1.29 is 5.11 Å². The van der Waals surface area contributed by atoms with Crippen LogP contribution in [0.25, 0.3) is 0 Å². The Labute approximate surface area is 56.0 Å². The highest BCUT2D eigenvalue weighted by Crippen LogP contribution is 1.78. The van der Waals surface area contributed by atoms with Gasteiger partial charge >= 0.3 is 0 Å². The molecule has 0 aromatic rings. The topological polar surface area (TPSA) is 20.2 Å². The average Bonchev–Trinajstić information content (AvgIpc) is 1.89. The molecule has 0 bridgehead atoms. The quantitative estimate of drug-likeness (QED) is 0.567. The van der Waals surface area contributed by atoms with E-state index >= 15 is 0 Å². The highest BCUT2D eigenvalue weighted by atomic mass is 16.2. The first-order chi connectivity index (χ1) is 4.41. The van der Waals surface area contributed by atoms with Gasteiger partial charge in [0.25, 0.3) is 0 Å². The molecule has 0 aliphatic rings. The Balaban J connectivity index is 3.35. The van der Waals surface area contributed by atoms with Crippen molar-refractivity contribution in [3.8, 4) is 0 Å². The highest BCUT2D eigenvalue weighted by molar-refractivity contribution is 5.10. The van der Waals surface area contributed by atoms with E-state index in [2.05, 4.69) is 0 Å². The van der Waals surface area contributed by atoms with Crippen LogP contribution in [0.5, 0.6) is 0 Å². The summed E-state index contributed by atoms with van der Waals surface area (Å²) in [5, 5.41) is 8.28. The molecule has 9 heavy (non-hydrogen) atoms. The minimum absolute atomic E-state index is 0.111. The van der Waals surface area contributed by atoms with Crippen LogP contribution in [0.4, 0.5) is 0 Å². The van der Waals surface area contributed by atoms with Gasteiger partial charge in [0.2, 0.25) is 0 Å². The van der Waals surface area contributed by atoms with Crippen molar-refractivity contribution in [3.63, 3.8) is 0 Å². The molecule has 1 nitrogen and oxygen atoms in total. The molecule has 1 N–H and O–H groups in total. The fourth-order valence-electron chi connectivity index (χ4n) is 0.379. The molecule has 0 unspecified atom stereocenters. The van der Waals surface area contributed by atoms with Gasteiger partial charge in [0, 0.05) is 0 Å². The summed E-state index contributed by atoms with van der Waals surface area (Å²) in [6.45, 7) is 2.07. The van der Waals surface area contributed by atoms with Crippen LogP contribution in [-0.4, -0.2) is 11.7 Å². The fourth-order valence-corrected chi connectivity index (χ4v) is 0.379. The molecule has 0 saturated heterocycles. The minimum Gasteiger partial charge on any atom is -0.392 e. The maximum Gasteiger partial charge on any atom is 0.0615 e. The molecule has 0 spiro atoms. The standard InChI is InChI=1S/C8H12O/c1-2-3-4-5-6-7-8-9/h2-7,9H,8H2,1H3/b3-2?,5-4?,7-6+. The Bertz CT molecular complexity index is 121. The molecule has 0 saturated carbocycles. The summed E-state index contributed by atoms with van der Waals surface area (Å²) in [6, 6.07) is 0. The van der Waals surface area contributed by atoms with Gasteiger partial charge in [-0.15, -0.1) is 0 Å². The van der Waals surface area contributed by atoms with Crippen molar-refractivity contribution in [2.24, 2.45) is 0 Å². The minimum atomic E-state index is 0.111. The third-order valence-electron chi connectivity index (χ3n) is 0.767. The molecule has 0 amide bonds. The van der Waals surface area contributed by atoms with Gasteiger partial charge in [-0.1, -0.05) is 36.5 Å². The van der Waals surface area contributed by atoms with Gasteiger partial charge in [0.05, 0.1) is 6.61 Å². The number of hydrogen-bond acceptors (Lipinski definition) is 1. The van der Waals surface area contributed by atoms with Crippen molar-refractivity contribution >= 4 is 0 Å². The van der Waals surface area contributed by atoms with Gasteiger partial charge in [-0.2, -0.15) is 0 Å². The number of aliphatic hydroxyl groups is 1. The van der Waals surface area contributed by atoms with Gasteiger partial charge in [-0.05, 0) is 6.92 Å². The second kappa shape index (κ2) is 7.18. The lowest BCUT2D eigenvalue weighted by molar-refractivity contribution is 0.343. The number of hydrogen-bond donors (Lipinski definition) is 1. The van der Waals surface area contributed by atoms with Gasteiger partial charge in [-0.25, -0.2) is 0 Å². The van der Waals surface area contributed by atoms with Gasteiger partial charge in [0.15, 0.2) is 0 Å². The Morgan fingerprint density at radius 3 is 2.33 bits per heavy atom. The van der Waals surface area contributed by atoms with Crippen LogP contribution in [0, 0.1) is 0 Å². The van der Waals surface area contributed by atoms with Crippen LogP contribution in [-0.2, 0) is 0 Å². The monoisotopic (exact) mass is 124 g/mol. The Hall–Kier alpha value is -0.820. The molecule has 0 fully saturated rings. The first kappa shape index (κ1) is 8.18. The van der Waals surface area contributed by atoms with E-state index in [9.17, 15) is 0 Å². The fraction of sp³-hybridized carbons (Fsp3) is 0.250. The Kier molecular flexibility index (Phi) is 6.53. The molecule has 0 aromatic carbocycles. The maximum absolute atomic E-state index is 8.28. The third-order valence-corrected chi connectivity index (χ3v) is 0.767. The molecular formula is C8H12O. The SMILES string of the molecule is CC=CC=C/C=C/CO.